The fraction of sp³-hybridized carbons (Fsp3) is 0.867. The normalized spacial score (nSPS) is 31.4. The monoisotopic (exact) mass is 282 g/mol. The number of methoxy groups -OCH3 is 1. The summed E-state index contributed by atoms with van der Waals surface area (Å²) in [5, 5.41) is 6.21. The molecule has 0 aromatic rings. The Morgan fingerprint density at radius 2 is 2.15 bits per heavy atom. The zero-order valence-corrected chi connectivity index (χ0v) is 12.6. The van der Waals surface area contributed by atoms with E-state index < -0.39 is 6.04 Å². The van der Waals surface area contributed by atoms with Gasteiger partial charge in [0.2, 0.25) is 5.91 Å². The van der Waals surface area contributed by atoms with Gasteiger partial charge in [-0.25, -0.2) is 4.79 Å². The van der Waals surface area contributed by atoms with Crippen molar-refractivity contribution >= 4 is 11.9 Å². The summed E-state index contributed by atoms with van der Waals surface area (Å²) in [6.45, 7) is 4.89. The molecule has 0 radical (unpaired) electrons. The van der Waals surface area contributed by atoms with Crippen molar-refractivity contribution in [3.05, 3.63) is 0 Å². The van der Waals surface area contributed by atoms with Crippen molar-refractivity contribution in [2.24, 2.45) is 17.8 Å². The largest absolute Gasteiger partial charge is 0.467 e. The van der Waals surface area contributed by atoms with Crippen LogP contribution < -0.4 is 10.6 Å². The lowest BCUT2D eigenvalue weighted by atomic mass is 9.92. The van der Waals surface area contributed by atoms with Crippen LogP contribution in [0.3, 0.4) is 0 Å². The minimum absolute atomic E-state index is 0.0462. The van der Waals surface area contributed by atoms with Crippen LogP contribution in [0, 0.1) is 17.8 Å². The average Bonchev–Trinajstić information content (AvgIpc) is 3.05. The van der Waals surface area contributed by atoms with Gasteiger partial charge in [0.15, 0.2) is 0 Å². The standard InChI is InChI=1S/C15H26N2O3/c1-4-9(2)12(15(19)20-3)17-14(18)13-11-7-5-6-10(11)8-16-13/h9-13,16H,4-8H2,1-3H3,(H,17,18). The minimum Gasteiger partial charge on any atom is -0.467 e. The third-order valence-corrected chi connectivity index (χ3v) is 4.99. The molecular formula is C15H26N2O3. The van der Waals surface area contributed by atoms with Gasteiger partial charge in [0.1, 0.15) is 6.04 Å². The lowest BCUT2D eigenvalue weighted by Gasteiger charge is -2.25. The van der Waals surface area contributed by atoms with Crippen LogP contribution in [0.25, 0.3) is 0 Å². The van der Waals surface area contributed by atoms with Crippen LogP contribution >= 0.6 is 0 Å². The molecule has 1 saturated carbocycles. The lowest BCUT2D eigenvalue weighted by molar-refractivity contribution is -0.147. The van der Waals surface area contributed by atoms with Crippen molar-refractivity contribution in [3.63, 3.8) is 0 Å². The predicted molar refractivity (Wildman–Crippen MR) is 76.0 cm³/mol. The second-order valence-corrected chi connectivity index (χ2v) is 6.14. The number of carbonyl (C=O) groups is 2. The zero-order chi connectivity index (χ0) is 14.7. The van der Waals surface area contributed by atoms with E-state index in [2.05, 4.69) is 10.6 Å². The summed E-state index contributed by atoms with van der Waals surface area (Å²) in [4.78, 5) is 24.3. The molecule has 1 aliphatic carbocycles. The second-order valence-electron chi connectivity index (χ2n) is 6.14. The highest BCUT2D eigenvalue weighted by molar-refractivity contribution is 5.88. The number of hydrogen-bond acceptors (Lipinski definition) is 4. The number of nitrogens with one attached hydrogen (secondary N) is 2. The summed E-state index contributed by atoms with van der Waals surface area (Å²) in [6.07, 6.45) is 4.37. The Labute approximate surface area is 120 Å². The molecule has 5 nitrogen and oxygen atoms in total. The molecule has 0 spiro atoms. The molecule has 0 aromatic heterocycles. The SMILES string of the molecule is CCC(C)C(NC(=O)C1NCC2CCCC21)C(=O)OC. The highest BCUT2D eigenvalue weighted by Crippen LogP contribution is 2.37. The van der Waals surface area contributed by atoms with E-state index in [1.165, 1.54) is 20.0 Å². The number of ether oxygens (including phenoxy) is 1. The van der Waals surface area contributed by atoms with Crippen molar-refractivity contribution in [2.45, 2.75) is 51.6 Å². The minimum atomic E-state index is -0.542. The van der Waals surface area contributed by atoms with Crippen LogP contribution in [0.2, 0.25) is 0 Å². The van der Waals surface area contributed by atoms with Gasteiger partial charge in [-0.15, -0.1) is 0 Å². The molecule has 1 amide bonds. The first-order chi connectivity index (χ1) is 9.58. The van der Waals surface area contributed by atoms with E-state index in [4.69, 9.17) is 4.74 Å². The van der Waals surface area contributed by atoms with Crippen molar-refractivity contribution in [3.8, 4) is 0 Å². The first-order valence-electron chi connectivity index (χ1n) is 7.70. The number of fused-ring (bicyclic) bond motifs is 1. The van der Waals surface area contributed by atoms with Crippen molar-refractivity contribution in [2.75, 3.05) is 13.7 Å². The highest BCUT2D eigenvalue weighted by atomic mass is 16.5. The van der Waals surface area contributed by atoms with Gasteiger partial charge < -0.3 is 15.4 Å². The zero-order valence-electron chi connectivity index (χ0n) is 12.6. The summed E-state index contributed by atoms with van der Waals surface area (Å²) in [7, 11) is 1.37. The summed E-state index contributed by atoms with van der Waals surface area (Å²) < 4.78 is 4.81. The van der Waals surface area contributed by atoms with E-state index in [0.29, 0.717) is 11.8 Å². The molecule has 1 aliphatic heterocycles. The number of carbonyl (C=O) groups excluding carboxylic acids is 2. The summed E-state index contributed by atoms with van der Waals surface area (Å²) in [6, 6.07) is -0.682. The summed E-state index contributed by atoms with van der Waals surface area (Å²) in [5.74, 6) is 0.743. The molecule has 2 fully saturated rings. The Morgan fingerprint density at radius 1 is 1.40 bits per heavy atom. The second kappa shape index (κ2) is 6.57. The smallest absolute Gasteiger partial charge is 0.328 e. The summed E-state index contributed by atoms with van der Waals surface area (Å²) in [5.41, 5.74) is 0. The van der Waals surface area contributed by atoms with E-state index in [1.54, 1.807) is 0 Å². The van der Waals surface area contributed by atoms with E-state index in [-0.39, 0.29) is 23.8 Å². The van der Waals surface area contributed by atoms with Crippen molar-refractivity contribution in [1.29, 1.82) is 0 Å². The Kier molecular flexibility index (Phi) is 5.02. The number of esters is 1. The number of hydrogen-bond donors (Lipinski definition) is 2. The lowest BCUT2D eigenvalue weighted by Crippen LogP contribution is -2.52. The number of rotatable bonds is 5. The Hall–Kier alpha value is -1.10. The van der Waals surface area contributed by atoms with Gasteiger partial charge in [0.25, 0.3) is 0 Å². The molecule has 2 N–H and O–H groups in total. The molecule has 1 heterocycles. The van der Waals surface area contributed by atoms with Gasteiger partial charge in [-0.1, -0.05) is 26.7 Å². The van der Waals surface area contributed by atoms with Gasteiger partial charge in [-0.2, -0.15) is 0 Å². The Balaban J connectivity index is 1.99. The fourth-order valence-corrected chi connectivity index (χ4v) is 3.51. The quantitative estimate of drug-likeness (QED) is 0.740. The molecule has 20 heavy (non-hydrogen) atoms. The third-order valence-electron chi connectivity index (χ3n) is 4.99. The van der Waals surface area contributed by atoms with Gasteiger partial charge in [-0.3, -0.25) is 4.79 Å². The first kappa shape index (κ1) is 15.3. The van der Waals surface area contributed by atoms with E-state index >= 15 is 0 Å². The van der Waals surface area contributed by atoms with E-state index in [1.807, 2.05) is 13.8 Å². The van der Waals surface area contributed by atoms with E-state index in [9.17, 15) is 9.59 Å². The molecule has 2 rings (SSSR count). The predicted octanol–water partition coefficient (Wildman–Crippen LogP) is 1.08. The summed E-state index contributed by atoms with van der Waals surface area (Å²) >= 11 is 0. The Morgan fingerprint density at radius 3 is 2.80 bits per heavy atom. The van der Waals surface area contributed by atoms with E-state index in [0.717, 1.165) is 19.4 Å². The molecule has 5 heteroatoms. The number of amides is 1. The van der Waals surface area contributed by atoms with Crippen LogP contribution in [0.5, 0.6) is 0 Å². The molecule has 1 saturated heterocycles. The molecule has 2 aliphatic rings. The maximum Gasteiger partial charge on any atom is 0.328 e. The molecule has 5 atom stereocenters. The molecule has 114 valence electrons. The van der Waals surface area contributed by atoms with Crippen LogP contribution in [0.4, 0.5) is 0 Å². The highest BCUT2D eigenvalue weighted by Gasteiger charge is 2.43. The van der Waals surface area contributed by atoms with Crippen LogP contribution in [-0.4, -0.2) is 37.6 Å². The first-order valence-corrected chi connectivity index (χ1v) is 7.70. The molecular weight excluding hydrogens is 256 g/mol. The van der Waals surface area contributed by atoms with Crippen LogP contribution in [0.15, 0.2) is 0 Å². The molecule has 5 unspecified atom stereocenters. The fourth-order valence-electron chi connectivity index (χ4n) is 3.51. The average molecular weight is 282 g/mol. The van der Waals surface area contributed by atoms with Crippen molar-refractivity contribution in [1.82, 2.24) is 10.6 Å². The molecule has 0 bridgehead atoms. The maximum atomic E-state index is 12.5. The van der Waals surface area contributed by atoms with Gasteiger partial charge in [0.05, 0.1) is 13.2 Å². The van der Waals surface area contributed by atoms with Gasteiger partial charge in [0, 0.05) is 0 Å². The maximum absolute atomic E-state index is 12.5. The third kappa shape index (κ3) is 2.97. The van der Waals surface area contributed by atoms with Gasteiger partial charge in [-0.05, 0) is 37.1 Å². The molecule has 0 aromatic carbocycles. The van der Waals surface area contributed by atoms with Crippen molar-refractivity contribution < 1.29 is 14.3 Å². The van der Waals surface area contributed by atoms with Crippen LogP contribution in [0.1, 0.15) is 39.5 Å². The Bertz CT molecular complexity index is 372. The topological polar surface area (TPSA) is 67.4 Å². The van der Waals surface area contributed by atoms with Crippen LogP contribution in [-0.2, 0) is 14.3 Å². The van der Waals surface area contributed by atoms with Gasteiger partial charge >= 0.3 is 5.97 Å².